The van der Waals surface area contributed by atoms with Crippen LogP contribution in [0.15, 0.2) is 24.3 Å². The summed E-state index contributed by atoms with van der Waals surface area (Å²) in [5.41, 5.74) is 1.18. The number of likely N-dealkylation sites (N-methyl/N-ethyl adjacent to an activating group) is 1. The van der Waals surface area contributed by atoms with Crippen LogP contribution in [0.3, 0.4) is 0 Å². The van der Waals surface area contributed by atoms with E-state index in [4.69, 9.17) is 4.74 Å². The maximum atomic E-state index is 9.90. The molecule has 1 aromatic rings. The molecule has 4 heteroatoms. The van der Waals surface area contributed by atoms with Crippen molar-refractivity contribution in [2.75, 3.05) is 34.3 Å². The Balaban J connectivity index is 2.07. The van der Waals surface area contributed by atoms with E-state index in [9.17, 15) is 5.11 Å². The zero-order valence-corrected chi connectivity index (χ0v) is 12.0. The number of β-amino-alcohol motifs (C(OH)–C–C–N with tert-alkyl or cyclic N) is 1. The molecule has 1 saturated heterocycles. The van der Waals surface area contributed by atoms with Gasteiger partial charge in [-0.1, -0.05) is 18.2 Å². The molecule has 2 rings (SSSR count). The van der Waals surface area contributed by atoms with Gasteiger partial charge in [-0.05, 0) is 26.6 Å². The van der Waals surface area contributed by atoms with Crippen LogP contribution >= 0.6 is 0 Å². The van der Waals surface area contributed by atoms with E-state index in [0.29, 0.717) is 6.04 Å². The number of hydrogen-bond acceptors (Lipinski definition) is 4. The second-order valence-corrected chi connectivity index (χ2v) is 5.55. The van der Waals surface area contributed by atoms with Crippen molar-refractivity contribution >= 4 is 0 Å². The molecular formula is C15H24N2O2. The molecule has 1 aromatic carbocycles. The van der Waals surface area contributed by atoms with Crippen LogP contribution in [-0.4, -0.2) is 61.3 Å². The van der Waals surface area contributed by atoms with Gasteiger partial charge in [0.05, 0.1) is 13.2 Å². The van der Waals surface area contributed by atoms with E-state index < -0.39 is 0 Å². The molecule has 0 aliphatic carbocycles. The Bertz CT molecular complexity index is 409. The number of methoxy groups -OCH3 is 1. The minimum atomic E-state index is -0.209. The zero-order valence-electron chi connectivity index (χ0n) is 12.0. The Hall–Kier alpha value is -1.10. The number of benzene rings is 1. The van der Waals surface area contributed by atoms with E-state index in [-0.39, 0.29) is 6.10 Å². The third-order valence-electron chi connectivity index (χ3n) is 3.65. The summed E-state index contributed by atoms with van der Waals surface area (Å²) in [6.07, 6.45) is 0.646. The number of aliphatic hydroxyl groups is 1. The average molecular weight is 264 g/mol. The lowest BCUT2D eigenvalue weighted by Crippen LogP contribution is -2.37. The van der Waals surface area contributed by atoms with Gasteiger partial charge in [0.25, 0.3) is 0 Å². The molecule has 19 heavy (non-hydrogen) atoms. The Morgan fingerprint density at radius 1 is 1.37 bits per heavy atom. The molecule has 1 aliphatic heterocycles. The van der Waals surface area contributed by atoms with Crippen molar-refractivity contribution in [3.63, 3.8) is 0 Å². The largest absolute Gasteiger partial charge is 0.496 e. The van der Waals surface area contributed by atoms with Crippen molar-refractivity contribution in [2.24, 2.45) is 0 Å². The lowest BCUT2D eigenvalue weighted by atomic mass is 10.1. The summed E-state index contributed by atoms with van der Waals surface area (Å²) in [6, 6.07) is 8.51. The van der Waals surface area contributed by atoms with Crippen LogP contribution in [0, 0.1) is 0 Å². The first kappa shape index (κ1) is 14.3. The van der Waals surface area contributed by atoms with E-state index in [0.717, 1.165) is 31.8 Å². The highest BCUT2D eigenvalue weighted by Gasteiger charge is 2.31. The van der Waals surface area contributed by atoms with Gasteiger partial charge >= 0.3 is 0 Å². The van der Waals surface area contributed by atoms with Crippen molar-refractivity contribution < 1.29 is 9.84 Å². The number of nitrogens with zero attached hydrogens (tertiary/aromatic N) is 2. The van der Waals surface area contributed by atoms with Crippen LogP contribution in [-0.2, 0) is 6.54 Å². The predicted molar refractivity (Wildman–Crippen MR) is 76.4 cm³/mol. The molecule has 0 aromatic heterocycles. The maximum Gasteiger partial charge on any atom is 0.123 e. The van der Waals surface area contributed by atoms with Crippen molar-refractivity contribution in [2.45, 2.75) is 25.1 Å². The van der Waals surface area contributed by atoms with Gasteiger partial charge in [0.15, 0.2) is 0 Å². The molecule has 0 spiro atoms. The number of likely N-dealkylation sites (tertiary alicyclic amines) is 1. The van der Waals surface area contributed by atoms with Crippen molar-refractivity contribution in [1.29, 1.82) is 0 Å². The maximum absolute atomic E-state index is 9.90. The molecule has 2 unspecified atom stereocenters. The van der Waals surface area contributed by atoms with Crippen LogP contribution in [0.4, 0.5) is 0 Å². The van der Waals surface area contributed by atoms with Crippen molar-refractivity contribution in [3.8, 4) is 5.75 Å². The Morgan fingerprint density at radius 3 is 2.79 bits per heavy atom. The molecule has 106 valence electrons. The molecule has 0 radical (unpaired) electrons. The van der Waals surface area contributed by atoms with Gasteiger partial charge in [0.1, 0.15) is 5.75 Å². The van der Waals surface area contributed by atoms with Crippen molar-refractivity contribution in [1.82, 2.24) is 9.80 Å². The molecule has 1 heterocycles. The third kappa shape index (κ3) is 3.69. The number of aliphatic hydroxyl groups excluding tert-OH is 1. The molecule has 2 atom stereocenters. The van der Waals surface area contributed by atoms with Gasteiger partial charge < -0.3 is 14.7 Å². The number of para-hydroxylation sites is 1. The first-order chi connectivity index (χ1) is 9.10. The van der Waals surface area contributed by atoms with E-state index >= 15 is 0 Å². The highest BCUT2D eigenvalue weighted by molar-refractivity contribution is 5.33. The fourth-order valence-electron chi connectivity index (χ4n) is 2.81. The first-order valence-corrected chi connectivity index (χ1v) is 6.79. The predicted octanol–water partition coefficient (Wildman–Crippen LogP) is 1.19. The third-order valence-corrected chi connectivity index (χ3v) is 3.65. The fourth-order valence-corrected chi connectivity index (χ4v) is 2.81. The molecule has 4 nitrogen and oxygen atoms in total. The molecule has 0 saturated carbocycles. The lowest BCUT2D eigenvalue weighted by Gasteiger charge is -2.27. The van der Waals surface area contributed by atoms with Gasteiger partial charge in [-0.15, -0.1) is 0 Å². The quantitative estimate of drug-likeness (QED) is 0.866. The summed E-state index contributed by atoms with van der Waals surface area (Å²) in [6.45, 7) is 2.56. The van der Waals surface area contributed by atoms with E-state index in [1.54, 1.807) is 7.11 Å². The van der Waals surface area contributed by atoms with E-state index in [2.05, 4.69) is 30.0 Å². The average Bonchev–Trinajstić information content (AvgIpc) is 2.69. The Kier molecular flexibility index (Phi) is 4.80. The summed E-state index contributed by atoms with van der Waals surface area (Å²) >= 11 is 0. The van der Waals surface area contributed by atoms with E-state index in [1.807, 2.05) is 18.2 Å². The minimum absolute atomic E-state index is 0.209. The monoisotopic (exact) mass is 264 g/mol. The topological polar surface area (TPSA) is 35.9 Å². The standard InChI is InChI=1S/C15H24N2O2/c1-16(2)10-13-8-14(18)11-17(13)9-12-6-4-5-7-15(12)19-3/h4-7,13-14,18H,8-11H2,1-3H3. The molecule has 1 N–H and O–H groups in total. The second-order valence-electron chi connectivity index (χ2n) is 5.55. The fraction of sp³-hybridized carbons (Fsp3) is 0.600. The van der Waals surface area contributed by atoms with Crippen molar-refractivity contribution in [3.05, 3.63) is 29.8 Å². The van der Waals surface area contributed by atoms with Gasteiger partial charge in [-0.3, -0.25) is 4.90 Å². The molecule has 1 fully saturated rings. The number of hydrogen-bond donors (Lipinski definition) is 1. The minimum Gasteiger partial charge on any atom is -0.496 e. The number of rotatable bonds is 5. The molecular weight excluding hydrogens is 240 g/mol. The zero-order chi connectivity index (χ0) is 13.8. The van der Waals surface area contributed by atoms with Crippen LogP contribution < -0.4 is 4.74 Å². The van der Waals surface area contributed by atoms with Gasteiger partial charge in [0.2, 0.25) is 0 Å². The highest BCUT2D eigenvalue weighted by atomic mass is 16.5. The van der Waals surface area contributed by atoms with Crippen LogP contribution in [0.2, 0.25) is 0 Å². The molecule has 0 amide bonds. The summed E-state index contributed by atoms with van der Waals surface area (Å²) in [5, 5.41) is 9.90. The normalized spacial score (nSPS) is 24.1. The molecule has 0 bridgehead atoms. The van der Waals surface area contributed by atoms with Crippen LogP contribution in [0.1, 0.15) is 12.0 Å². The Labute approximate surface area is 115 Å². The summed E-state index contributed by atoms with van der Waals surface area (Å²) < 4.78 is 5.40. The van der Waals surface area contributed by atoms with Crippen LogP contribution in [0.5, 0.6) is 5.75 Å². The highest BCUT2D eigenvalue weighted by Crippen LogP contribution is 2.25. The molecule has 1 aliphatic rings. The van der Waals surface area contributed by atoms with Crippen LogP contribution in [0.25, 0.3) is 0 Å². The second kappa shape index (κ2) is 6.37. The first-order valence-electron chi connectivity index (χ1n) is 6.79. The smallest absolute Gasteiger partial charge is 0.123 e. The van der Waals surface area contributed by atoms with E-state index in [1.165, 1.54) is 5.56 Å². The summed E-state index contributed by atoms with van der Waals surface area (Å²) in [5.74, 6) is 0.924. The Morgan fingerprint density at radius 2 is 2.11 bits per heavy atom. The van der Waals surface area contributed by atoms with Gasteiger partial charge in [0, 0.05) is 31.2 Å². The summed E-state index contributed by atoms with van der Waals surface area (Å²) in [7, 11) is 5.85. The summed E-state index contributed by atoms with van der Waals surface area (Å²) in [4.78, 5) is 4.53. The number of ether oxygens (including phenoxy) is 1. The van der Waals surface area contributed by atoms with Gasteiger partial charge in [-0.2, -0.15) is 0 Å². The lowest BCUT2D eigenvalue weighted by molar-refractivity contribution is 0.168. The SMILES string of the molecule is COc1ccccc1CN1CC(O)CC1CN(C)C. The van der Waals surface area contributed by atoms with Gasteiger partial charge in [-0.25, -0.2) is 0 Å².